The van der Waals surface area contributed by atoms with E-state index in [1.807, 2.05) is 0 Å². The zero-order valence-corrected chi connectivity index (χ0v) is 14.7. The van der Waals surface area contributed by atoms with E-state index in [0.717, 1.165) is 0 Å². The summed E-state index contributed by atoms with van der Waals surface area (Å²) in [7, 11) is -1.16. The molecule has 0 amide bonds. The number of nitrogens with one attached hydrogen (secondary N) is 1. The molecule has 0 aliphatic rings. The summed E-state index contributed by atoms with van der Waals surface area (Å²) in [4.78, 5) is 11.8. The Morgan fingerprint density at radius 1 is 1.26 bits per heavy atom. The van der Waals surface area contributed by atoms with Gasteiger partial charge in [0, 0.05) is 5.75 Å². The van der Waals surface area contributed by atoms with Crippen LogP contribution < -0.4 is 9.46 Å². The molecule has 0 aliphatic heterocycles. The summed E-state index contributed by atoms with van der Waals surface area (Å²) in [6.07, 6.45) is 0.271. The number of hydrogen-bond acceptors (Lipinski definition) is 7. The Morgan fingerprint density at radius 3 is 2.43 bits per heavy atom. The van der Waals surface area contributed by atoms with Gasteiger partial charge in [-0.1, -0.05) is 0 Å². The number of thioether (sulfide) groups is 1. The van der Waals surface area contributed by atoms with E-state index in [-0.39, 0.29) is 17.9 Å². The number of aliphatic hydroxyl groups is 1. The topological polar surface area (TPSA) is 102 Å². The molecule has 1 aromatic carbocycles. The predicted octanol–water partition coefficient (Wildman–Crippen LogP) is 0.631. The lowest BCUT2D eigenvalue weighted by molar-refractivity contribution is -0.142. The fourth-order valence-electron chi connectivity index (χ4n) is 1.75. The molecule has 0 aliphatic carbocycles. The normalized spacial score (nSPS) is 12.7. The molecule has 1 aromatic rings. The molecule has 0 saturated heterocycles. The number of hydrogen-bond donors (Lipinski definition) is 2. The average molecular weight is 363 g/mol. The van der Waals surface area contributed by atoms with Gasteiger partial charge in [-0.15, -0.1) is 0 Å². The number of rotatable bonds is 10. The zero-order valence-electron chi connectivity index (χ0n) is 13.0. The van der Waals surface area contributed by atoms with Crippen molar-refractivity contribution in [2.24, 2.45) is 0 Å². The lowest BCUT2D eigenvalue weighted by atomic mass is 10.2. The molecule has 0 bridgehead atoms. The van der Waals surface area contributed by atoms with E-state index in [2.05, 4.69) is 9.46 Å². The van der Waals surface area contributed by atoms with Crippen molar-refractivity contribution in [3.63, 3.8) is 0 Å². The van der Waals surface area contributed by atoms with Crippen LogP contribution in [-0.4, -0.2) is 57.9 Å². The van der Waals surface area contributed by atoms with Gasteiger partial charge in [0.25, 0.3) is 0 Å². The third-order valence-electron chi connectivity index (χ3n) is 2.94. The van der Waals surface area contributed by atoms with Crippen LogP contribution in [0.3, 0.4) is 0 Å². The predicted molar refractivity (Wildman–Crippen MR) is 88.1 cm³/mol. The number of methoxy groups -OCH3 is 2. The average Bonchev–Trinajstić information content (AvgIpc) is 2.56. The lowest BCUT2D eigenvalue weighted by Crippen LogP contribution is -2.41. The van der Waals surface area contributed by atoms with Crippen molar-refractivity contribution >= 4 is 27.8 Å². The molecular formula is C14H21NO6S2. The molecule has 1 rings (SSSR count). The van der Waals surface area contributed by atoms with Crippen molar-refractivity contribution in [3.8, 4) is 5.75 Å². The molecule has 7 nitrogen and oxygen atoms in total. The number of aliphatic hydroxyl groups excluding tert-OH is 1. The highest BCUT2D eigenvalue weighted by Crippen LogP contribution is 2.16. The number of carbonyl (C=O) groups excluding carboxylic acids is 1. The first-order chi connectivity index (χ1) is 10.9. The summed E-state index contributed by atoms with van der Waals surface area (Å²) in [5.74, 6) is 0.936. The van der Waals surface area contributed by atoms with Crippen LogP contribution in [-0.2, 0) is 19.6 Å². The largest absolute Gasteiger partial charge is 0.497 e. The van der Waals surface area contributed by atoms with Gasteiger partial charge in [0.2, 0.25) is 10.0 Å². The van der Waals surface area contributed by atoms with Crippen molar-refractivity contribution in [1.82, 2.24) is 4.72 Å². The minimum atomic E-state index is -3.85. The van der Waals surface area contributed by atoms with Crippen LogP contribution in [0.1, 0.15) is 6.42 Å². The first-order valence-corrected chi connectivity index (χ1v) is 9.51. The van der Waals surface area contributed by atoms with Crippen molar-refractivity contribution in [3.05, 3.63) is 24.3 Å². The Morgan fingerprint density at radius 2 is 1.91 bits per heavy atom. The number of carbonyl (C=O) groups is 1. The number of ether oxygens (including phenoxy) is 2. The monoisotopic (exact) mass is 363 g/mol. The van der Waals surface area contributed by atoms with Gasteiger partial charge in [0.1, 0.15) is 11.8 Å². The Hall–Kier alpha value is -1.29. The maximum Gasteiger partial charge on any atom is 0.323 e. The van der Waals surface area contributed by atoms with Crippen molar-refractivity contribution in [1.29, 1.82) is 0 Å². The highest BCUT2D eigenvalue weighted by Gasteiger charge is 2.26. The number of sulfonamides is 1. The highest BCUT2D eigenvalue weighted by molar-refractivity contribution is 7.99. The van der Waals surface area contributed by atoms with E-state index in [4.69, 9.17) is 9.84 Å². The van der Waals surface area contributed by atoms with Gasteiger partial charge in [-0.25, -0.2) is 8.42 Å². The van der Waals surface area contributed by atoms with Crippen molar-refractivity contribution < 1.29 is 27.8 Å². The van der Waals surface area contributed by atoms with Crippen LogP contribution in [0.4, 0.5) is 0 Å². The molecule has 130 valence electrons. The van der Waals surface area contributed by atoms with Gasteiger partial charge in [0.15, 0.2) is 0 Å². The molecule has 9 heteroatoms. The SMILES string of the molecule is COC(=O)C(CCSCCO)NS(=O)(=O)c1ccc(OC)cc1. The van der Waals surface area contributed by atoms with Gasteiger partial charge in [0.05, 0.1) is 25.7 Å². The van der Waals surface area contributed by atoms with Crippen LogP contribution in [0.15, 0.2) is 29.2 Å². The molecule has 1 unspecified atom stereocenters. The fraction of sp³-hybridized carbons (Fsp3) is 0.500. The third-order valence-corrected chi connectivity index (χ3v) is 5.42. The van der Waals surface area contributed by atoms with E-state index < -0.39 is 22.0 Å². The maximum atomic E-state index is 12.3. The summed E-state index contributed by atoms with van der Waals surface area (Å²) in [6, 6.07) is 4.88. The Kier molecular flexibility index (Phi) is 8.38. The van der Waals surface area contributed by atoms with Gasteiger partial charge >= 0.3 is 5.97 Å². The molecule has 0 spiro atoms. The quantitative estimate of drug-likeness (QED) is 0.464. The van der Waals surface area contributed by atoms with Crippen LogP contribution >= 0.6 is 11.8 Å². The van der Waals surface area contributed by atoms with Gasteiger partial charge < -0.3 is 14.6 Å². The third kappa shape index (κ3) is 6.38. The smallest absolute Gasteiger partial charge is 0.323 e. The minimum absolute atomic E-state index is 0.0329. The summed E-state index contributed by atoms with van der Waals surface area (Å²) < 4.78 is 36.7. The second-order valence-corrected chi connectivity index (χ2v) is 7.44. The molecule has 2 N–H and O–H groups in total. The fourth-order valence-corrected chi connectivity index (χ4v) is 3.70. The van der Waals surface area contributed by atoms with E-state index in [1.54, 1.807) is 0 Å². The molecule has 0 radical (unpaired) electrons. The van der Waals surface area contributed by atoms with E-state index in [1.165, 1.54) is 50.2 Å². The van der Waals surface area contributed by atoms with Crippen LogP contribution in [0, 0.1) is 0 Å². The van der Waals surface area contributed by atoms with Gasteiger partial charge in [-0.05, 0) is 36.4 Å². The molecule has 0 aromatic heterocycles. The summed E-state index contributed by atoms with van der Waals surface area (Å²) in [6.45, 7) is 0.0329. The summed E-state index contributed by atoms with van der Waals surface area (Å²) >= 11 is 1.43. The van der Waals surface area contributed by atoms with Gasteiger partial charge in [-0.2, -0.15) is 16.5 Å². The molecule has 23 heavy (non-hydrogen) atoms. The number of esters is 1. The number of benzene rings is 1. The molecule has 1 atom stereocenters. The summed E-state index contributed by atoms with van der Waals surface area (Å²) in [5.41, 5.74) is 0. The zero-order chi connectivity index (χ0) is 17.3. The second-order valence-electron chi connectivity index (χ2n) is 4.50. The molecule has 0 saturated carbocycles. The van der Waals surface area contributed by atoms with Crippen molar-refractivity contribution in [2.45, 2.75) is 17.4 Å². The summed E-state index contributed by atoms with van der Waals surface area (Å²) in [5, 5.41) is 8.73. The van der Waals surface area contributed by atoms with Gasteiger partial charge in [-0.3, -0.25) is 4.79 Å². The Labute approximate surface area is 140 Å². The molecule has 0 heterocycles. The van der Waals surface area contributed by atoms with Crippen LogP contribution in [0.5, 0.6) is 5.75 Å². The first kappa shape index (κ1) is 19.8. The standard InChI is InChI=1S/C14H21NO6S2/c1-20-11-3-5-12(6-4-11)23(18,19)15-13(14(17)21-2)7-9-22-10-8-16/h3-6,13,15-16H,7-10H2,1-2H3. The van der Waals surface area contributed by atoms with Crippen molar-refractivity contribution in [2.75, 3.05) is 32.3 Å². The molecular weight excluding hydrogens is 342 g/mol. The van der Waals surface area contributed by atoms with E-state index in [0.29, 0.717) is 17.3 Å². The lowest BCUT2D eigenvalue weighted by Gasteiger charge is -2.16. The van der Waals surface area contributed by atoms with Crippen LogP contribution in [0.25, 0.3) is 0 Å². The minimum Gasteiger partial charge on any atom is -0.497 e. The maximum absolute atomic E-state index is 12.3. The van der Waals surface area contributed by atoms with E-state index in [9.17, 15) is 13.2 Å². The second kappa shape index (κ2) is 9.76. The molecule has 0 fully saturated rings. The Balaban J connectivity index is 2.80. The highest BCUT2D eigenvalue weighted by atomic mass is 32.2. The van der Waals surface area contributed by atoms with E-state index >= 15 is 0 Å². The first-order valence-electron chi connectivity index (χ1n) is 6.87. The Bertz CT molecular complexity index is 588. The van der Waals surface area contributed by atoms with Crippen LogP contribution in [0.2, 0.25) is 0 Å².